The first kappa shape index (κ1) is 26.8. The van der Waals surface area contributed by atoms with E-state index in [4.69, 9.17) is 5.73 Å². The number of aliphatic imine (C=N–C) groups is 1. The van der Waals surface area contributed by atoms with Crippen molar-refractivity contribution in [2.75, 3.05) is 0 Å². The first-order valence-electron chi connectivity index (χ1n) is 12.6. The summed E-state index contributed by atoms with van der Waals surface area (Å²) in [5.41, 5.74) is 9.48. The minimum atomic E-state index is -1.23. The van der Waals surface area contributed by atoms with Gasteiger partial charge >= 0.3 is 5.97 Å². The number of amides is 1. The van der Waals surface area contributed by atoms with Crippen LogP contribution in [0, 0.1) is 5.92 Å². The minimum absolute atomic E-state index is 0.00743. The monoisotopic (exact) mass is 513 g/mol. The SMILES string of the molecule is NC(Cc1ccccc1)C(=O)CC(CC1C=Nc2ccccc21)C(=O)NC(Cc1cccc(O)c1)C(=O)O. The van der Waals surface area contributed by atoms with E-state index in [-0.39, 0.29) is 36.7 Å². The van der Waals surface area contributed by atoms with Gasteiger partial charge in [-0.25, -0.2) is 4.79 Å². The quantitative estimate of drug-likeness (QED) is 0.292. The van der Waals surface area contributed by atoms with Crippen LogP contribution in [0.15, 0.2) is 83.9 Å². The summed E-state index contributed by atoms with van der Waals surface area (Å²) in [7, 11) is 0. The van der Waals surface area contributed by atoms with Crippen molar-refractivity contribution in [3.05, 3.63) is 95.6 Å². The number of rotatable bonds is 12. The van der Waals surface area contributed by atoms with Crippen LogP contribution in [0.4, 0.5) is 5.69 Å². The number of hydrogen-bond donors (Lipinski definition) is 4. The number of phenolic OH excluding ortho intramolecular Hbond substituents is 1. The number of carboxylic acids is 1. The van der Waals surface area contributed by atoms with Crippen molar-refractivity contribution in [2.45, 2.75) is 43.7 Å². The molecule has 0 saturated heterocycles. The normalized spacial score (nSPS) is 16.3. The largest absolute Gasteiger partial charge is 0.508 e. The molecule has 5 N–H and O–H groups in total. The molecule has 1 heterocycles. The van der Waals surface area contributed by atoms with Gasteiger partial charge in [0.15, 0.2) is 5.78 Å². The number of hydrogen-bond acceptors (Lipinski definition) is 6. The van der Waals surface area contributed by atoms with Gasteiger partial charge in [-0.15, -0.1) is 0 Å². The molecule has 3 aromatic rings. The summed E-state index contributed by atoms with van der Waals surface area (Å²) in [6.45, 7) is 0. The Kier molecular flexibility index (Phi) is 8.66. The molecular weight excluding hydrogens is 482 g/mol. The zero-order valence-electron chi connectivity index (χ0n) is 20.9. The molecule has 3 aromatic carbocycles. The van der Waals surface area contributed by atoms with E-state index < -0.39 is 29.9 Å². The number of carboxylic acid groups (broad SMARTS) is 1. The van der Waals surface area contributed by atoms with E-state index >= 15 is 0 Å². The Morgan fingerprint density at radius 1 is 0.921 bits per heavy atom. The molecule has 0 fully saturated rings. The zero-order valence-corrected chi connectivity index (χ0v) is 20.9. The Morgan fingerprint density at radius 3 is 2.37 bits per heavy atom. The number of carbonyl (C=O) groups excluding carboxylic acids is 2. The van der Waals surface area contributed by atoms with E-state index in [9.17, 15) is 24.6 Å². The van der Waals surface area contributed by atoms with Crippen molar-refractivity contribution >= 4 is 29.6 Å². The van der Waals surface area contributed by atoms with E-state index in [1.807, 2.05) is 54.6 Å². The number of fused-ring (bicyclic) bond motifs is 1. The van der Waals surface area contributed by atoms with Crippen LogP contribution >= 0.6 is 0 Å². The number of nitrogens with one attached hydrogen (secondary N) is 1. The number of para-hydroxylation sites is 1. The summed E-state index contributed by atoms with van der Waals surface area (Å²) in [5.74, 6) is -2.99. The van der Waals surface area contributed by atoms with Crippen LogP contribution in [-0.4, -0.2) is 46.2 Å². The number of carbonyl (C=O) groups is 3. The van der Waals surface area contributed by atoms with Gasteiger partial charge in [0.2, 0.25) is 5.91 Å². The van der Waals surface area contributed by atoms with Crippen LogP contribution in [0.2, 0.25) is 0 Å². The van der Waals surface area contributed by atoms with Crippen molar-refractivity contribution < 1.29 is 24.6 Å². The van der Waals surface area contributed by atoms with Gasteiger partial charge in [0, 0.05) is 30.9 Å². The van der Waals surface area contributed by atoms with Gasteiger partial charge in [0.1, 0.15) is 11.8 Å². The molecule has 4 unspecified atom stereocenters. The first-order chi connectivity index (χ1) is 18.3. The molecule has 0 radical (unpaired) electrons. The third kappa shape index (κ3) is 6.92. The van der Waals surface area contributed by atoms with Gasteiger partial charge in [-0.1, -0.05) is 60.7 Å². The molecule has 1 aliphatic heterocycles. The number of Topliss-reactive ketones (excluding diaryl/α,β-unsaturated/α-hetero) is 1. The van der Waals surface area contributed by atoms with E-state index in [0.717, 1.165) is 16.8 Å². The molecule has 1 amide bonds. The van der Waals surface area contributed by atoms with Crippen molar-refractivity contribution in [1.82, 2.24) is 5.32 Å². The fourth-order valence-corrected chi connectivity index (χ4v) is 4.73. The maximum Gasteiger partial charge on any atom is 0.326 e. The van der Waals surface area contributed by atoms with E-state index in [1.165, 1.54) is 12.1 Å². The molecule has 8 nitrogen and oxygen atoms in total. The molecule has 0 bridgehead atoms. The van der Waals surface area contributed by atoms with Crippen molar-refractivity contribution in [2.24, 2.45) is 16.6 Å². The molecule has 0 saturated carbocycles. The standard InChI is InChI=1S/C30H31N3O5/c31-25(14-19-7-2-1-3-8-19)28(35)17-21(16-22-18-32-26-12-5-4-11-24(22)26)29(36)33-27(30(37)38)15-20-9-6-10-23(34)13-20/h1-13,18,21-22,25,27,34H,14-17,31H2,(H,33,36)(H,37,38). The zero-order chi connectivity index (χ0) is 27.1. The van der Waals surface area contributed by atoms with Crippen LogP contribution in [0.25, 0.3) is 0 Å². The summed E-state index contributed by atoms with van der Waals surface area (Å²) in [6, 6.07) is 21.2. The molecule has 4 atom stereocenters. The summed E-state index contributed by atoms with van der Waals surface area (Å²) in [5, 5.41) is 22.2. The predicted octanol–water partition coefficient (Wildman–Crippen LogP) is 3.54. The Hall–Kier alpha value is -4.30. The summed E-state index contributed by atoms with van der Waals surface area (Å²) in [4.78, 5) is 43.1. The van der Waals surface area contributed by atoms with Gasteiger partial charge in [-0.05, 0) is 47.7 Å². The van der Waals surface area contributed by atoms with E-state index in [1.54, 1.807) is 18.3 Å². The minimum Gasteiger partial charge on any atom is -0.508 e. The van der Waals surface area contributed by atoms with Crippen LogP contribution in [-0.2, 0) is 27.2 Å². The Labute approximate surface area is 221 Å². The number of aromatic hydroxyl groups is 1. The molecule has 196 valence electrons. The molecule has 8 heteroatoms. The van der Waals surface area contributed by atoms with E-state index in [0.29, 0.717) is 12.0 Å². The van der Waals surface area contributed by atoms with Crippen molar-refractivity contribution in [3.63, 3.8) is 0 Å². The predicted molar refractivity (Wildman–Crippen MR) is 145 cm³/mol. The molecule has 0 aromatic heterocycles. The first-order valence-corrected chi connectivity index (χ1v) is 12.6. The molecule has 4 rings (SSSR count). The maximum atomic E-state index is 13.5. The lowest BCUT2D eigenvalue weighted by atomic mass is 9.85. The van der Waals surface area contributed by atoms with Crippen molar-refractivity contribution in [1.29, 1.82) is 0 Å². The highest BCUT2D eigenvalue weighted by Crippen LogP contribution is 2.36. The van der Waals surface area contributed by atoms with Crippen LogP contribution in [0.3, 0.4) is 0 Å². The van der Waals surface area contributed by atoms with Gasteiger partial charge in [0.25, 0.3) is 0 Å². The Bertz CT molecular complexity index is 1320. The average Bonchev–Trinajstić information content (AvgIpc) is 3.31. The smallest absolute Gasteiger partial charge is 0.326 e. The summed E-state index contributed by atoms with van der Waals surface area (Å²) in [6.07, 6.45) is 2.26. The fourth-order valence-electron chi connectivity index (χ4n) is 4.73. The third-order valence-electron chi connectivity index (χ3n) is 6.76. The van der Waals surface area contributed by atoms with Gasteiger partial charge in [-0.3, -0.25) is 14.6 Å². The second-order valence-corrected chi connectivity index (χ2v) is 9.62. The summed E-state index contributed by atoms with van der Waals surface area (Å²) >= 11 is 0. The number of aliphatic carboxylic acids is 1. The highest BCUT2D eigenvalue weighted by molar-refractivity contribution is 5.92. The van der Waals surface area contributed by atoms with Crippen LogP contribution in [0.5, 0.6) is 5.75 Å². The second kappa shape index (κ2) is 12.3. The number of nitrogens with zero attached hydrogens (tertiary/aromatic N) is 1. The van der Waals surface area contributed by atoms with Gasteiger partial charge in [0.05, 0.1) is 11.7 Å². The molecule has 38 heavy (non-hydrogen) atoms. The fraction of sp³-hybridized carbons (Fsp3) is 0.267. The molecule has 0 spiro atoms. The highest BCUT2D eigenvalue weighted by atomic mass is 16.4. The van der Waals surface area contributed by atoms with Gasteiger partial charge in [-0.2, -0.15) is 0 Å². The number of ketones is 1. The Morgan fingerprint density at radius 2 is 1.63 bits per heavy atom. The third-order valence-corrected chi connectivity index (χ3v) is 6.76. The van der Waals surface area contributed by atoms with Crippen LogP contribution < -0.4 is 11.1 Å². The lowest BCUT2D eigenvalue weighted by molar-refractivity contribution is -0.142. The Balaban J connectivity index is 1.51. The van der Waals surface area contributed by atoms with Crippen molar-refractivity contribution in [3.8, 4) is 5.75 Å². The lowest BCUT2D eigenvalue weighted by Crippen LogP contribution is -2.46. The molecule has 0 aliphatic carbocycles. The van der Waals surface area contributed by atoms with E-state index in [2.05, 4.69) is 10.3 Å². The maximum absolute atomic E-state index is 13.5. The lowest BCUT2D eigenvalue weighted by Gasteiger charge is -2.23. The highest BCUT2D eigenvalue weighted by Gasteiger charge is 2.32. The topological polar surface area (TPSA) is 142 Å². The summed E-state index contributed by atoms with van der Waals surface area (Å²) < 4.78 is 0. The number of nitrogens with two attached hydrogens (primary N) is 1. The van der Waals surface area contributed by atoms with Crippen LogP contribution in [0.1, 0.15) is 35.4 Å². The molecule has 1 aliphatic rings. The number of benzene rings is 3. The number of phenols is 1. The van der Waals surface area contributed by atoms with Gasteiger partial charge < -0.3 is 21.3 Å². The molecular formula is C30H31N3O5. The average molecular weight is 514 g/mol. The second-order valence-electron chi connectivity index (χ2n) is 9.62.